The van der Waals surface area contributed by atoms with Crippen LogP contribution in [0.15, 0.2) is 12.3 Å². The zero-order valence-electron chi connectivity index (χ0n) is 12.7. The quantitative estimate of drug-likeness (QED) is 0.843. The van der Waals surface area contributed by atoms with E-state index in [1.54, 1.807) is 13.3 Å². The molecule has 2 aromatic heterocycles. The van der Waals surface area contributed by atoms with Crippen LogP contribution < -0.4 is 9.47 Å². The fourth-order valence-corrected chi connectivity index (χ4v) is 2.88. The summed E-state index contributed by atoms with van der Waals surface area (Å²) in [6.07, 6.45) is 3.92. The average molecular weight is 321 g/mol. The Hall–Kier alpha value is -1.95. The Bertz CT molecular complexity index is 695. The van der Waals surface area contributed by atoms with Gasteiger partial charge in [-0.05, 0) is 29.9 Å². The Morgan fingerprint density at radius 2 is 2.09 bits per heavy atom. The average Bonchev–Trinajstić information content (AvgIpc) is 3.34. The summed E-state index contributed by atoms with van der Waals surface area (Å²) in [7, 11) is 3.05. The highest BCUT2D eigenvalue weighted by Crippen LogP contribution is 2.51. The number of hydrogen-bond donors (Lipinski definition) is 0. The summed E-state index contributed by atoms with van der Waals surface area (Å²) < 4.78 is 10.3. The number of ether oxygens (including phenoxy) is 2. The highest BCUT2D eigenvalue weighted by Gasteiger charge is 2.38. The van der Waals surface area contributed by atoms with Crippen molar-refractivity contribution in [1.82, 2.24) is 20.2 Å². The van der Waals surface area contributed by atoms with Gasteiger partial charge in [-0.3, -0.25) is 0 Å². The van der Waals surface area contributed by atoms with Crippen molar-refractivity contribution in [3.05, 3.63) is 23.0 Å². The van der Waals surface area contributed by atoms with Crippen LogP contribution in [0.1, 0.15) is 31.2 Å². The predicted octanol–water partition coefficient (Wildman–Crippen LogP) is 3.12. The summed E-state index contributed by atoms with van der Waals surface area (Å²) in [5.74, 6) is 1.55. The van der Waals surface area contributed by atoms with Gasteiger partial charge in [0.05, 0.1) is 19.8 Å². The van der Waals surface area contributed by atoms with Crippen molar-refractivity contribution in [1.29, 1.82) is 0 Å². The third kappa shape index (κ3) is 2.70. The molecule has 2 heterocycles. The molecule has 1 aliphatic carbocycles. The lowest BCUT2D eigenvalue weighted by atomic mass is 10.1. The normalized spacial score (nSPS) is 19.8. The van der Waals surface area contributed by atoms with E-state index in [1.807, 2.05) is 6.07 Å². The van der Waals surface area contributed by atoms with E-state index < -0.39 is 0 Å². The lowest BCUT2D eigenvalue weighted by molar-refractivity contribution is 0.353. The van der Waals surface area contributed by atoms with Crippen LogP contribution in [-0.4, -0.2) is 34.4 Å². The molecular formula is C15H17ClN4O2. The Morgan fingerprint density at radius 3 is 2.73 bits per heavy atom. The molecule has 0 N–H and O–H groups in total. The molecule has 22 heavy (non-hydrogen) atoms. The molecule has 0 aromatic carbocycles. The summed E-state index contributed by atoms with van der Waals surface area (Å²) in [5.41, 5.74) is 2.36. The Kier molecular flexibility index (Phi) is 4.11. The topological polar surface area (TPSA) is 70.0 Å². The molecule has 0 spiro atoms. The molecule has 0 saturated heterocycles. The largest absolute Gasteiger partial charge is 0.480 e. The smallest absolute Gasteiger partial charge is 0.319 e. The Balaban J connectivity index is 2.00. The Labute approximate surface area is 133 Å². The predicted molar refractivity (Wildman–Crippen MR) is 82.3 cm³/mol. The third-order valence-corrected chi connectivity index (χ3v) is 4.30. The van der Waals surface area contributed by atoms with Crippen molar-refractivity contribution in [3.63, 3.8) is 0 Å². The monoisotopic (exact) mass is 320 g/mol. The van der Waals surface area contributed by atoms with Gasteiger partial charge in [0, 0.05) is 6.20 Å². The summed E-state index contributed by atoms with van der Waals surface area (Å²) in [6, 6.07) is 2.21. The highest BCUT2D eigenvalue weighted by molar-refractivity contribution is 6.30. The lowest BCUT2D eigenvalue weighted by Gasteiger charge is -2.09. The standard InChI is InChI=1S/C15H17ClN4O2/c1-4-8-5-9(8)10-6-12(19-20-13(10)16)11-7-17-15(22-3)18-14(11)21-2/h6-9H,4-5H2,1-3H3/t8-,9-/m0/s1. The number of nitrogens with zero attached hydrogens (tertiary/aromatic N) is 4. The van der Waals surface area contributed by atoms with Crippen molar-refractivity contribution in [2.75, 3.05) is 14.2 Å². The molecule has 0 radical (unpaired) electrons. The van der Waals surface area contributed by atoms with E-state index in [1.165, 1.54) is 7.11 Å². The van der Waals surface area contributed by atoms with Gasteiger partial charge in [0.2, 0.25) is 5.88 Å². The summed E-state index contributed by atoms with van der Waals surface area (Å²) in [5, 5.41) is 8.70. The van der Waals surface area contributed by atoms with Gasteiger partial charge in [-0.25, -0.2) is 4.98 Å². The molecule has 1 fully saturated rings. The van der Waals surface area contributed by atoms with Crippen molar-refractivity contribution < 1.29 is 9.47 Å². The number of aromatic nitrogens is 4. The molecule has 0 aliphatic heterocycles. The second-order valence-corrected chi connectivity index (χ2v) is 5.62. The number of methoxy groups -OCH3 is 2. The second-order valence-electron chi connectivity index (χ2n) is 5.27. The fourth-order valence-electron chi connectivity index (χ4n) is 2.64. The van der Waals surface area contributed by atoms with Gasteiger partial charge in [0.1, 0.15) is 5.69 Å². The first-order valence-corrected chi connectivity index (χ1v) is 7.54. The van der Waals surface area contributed by atoms with E-state index in [-0.39, 0.29) is 6.01 Å². The van der Waals surface area contributed by atoms with E-state index in [2.05, 4.69) is 27.1 Å². The minimum absolute atomic E-state index is 0.246. The summed E-state index contributed by atoms with van der Waals surface area (Å²) >= 11 is 6.21. The SMILES string of the molecule is CC[C@H]1C[C@@H]1c1cc(-c2cnc(OC)nc2OC)nnc1Cl. The molecule has 7 heteroatoms. The molecule has 2 atom stereocenters. The number of halogens is 1. The second kappa shape index (κ2) is 6.04. The molecule has 2 aromatic rings. The van der Waals surface area contributed by atoms with Crippen LogP contribution in [0, 0.1) is 5.92 Å². The Morgan fingerprint density at radius 1 is 1.27 bits per heavy atom. The van der Waals surface area contributed by atoms with Crippen LogP contribution in [0.4, 0.5) is 0 Å². The van der Waals surface area contributed by atoms with Crippen molar-refractivity contribution in [3.8, 4) is 23.1 Å². The van der Waals surface area contributed by atoms with Gasteiger partial charge in [-0.1, -0.05) is 24.9 Å². The van der Waals surface area contributed by atoms with E-state index in [4.69, 9.17) is 21.1 Å². The molecule has 0 bridgehead atoms. The van der Waals surface area contributed by atoms with Crippen LogP contribution in [-0.2, 0) is 0 Å². The molecule has 0 amide bonds. The summed E-state index contributed by atoms with van der Waals surface area (Å²) in [6.45, 7) is 2.19. The van der Waals surface area contributed by atoms with E-state index >= 15 is 0 Å². The van der Waals surface area contributed by atoms with Crippen LogP contribution in [0.25, 0.3) is 11.3 Å². The molecule has 0 unspecified atom stereocenters. The molecule has 1 aliphatic rings. The van der Waals surface area contributed by atoms with Crippen LogP contribution in [0.2, 0.25) is 5.15 Å². The maximum Gasteiger partial charge on any atom is 0.319 e. The molecule has 6 nitrogen and oxygen atoms in total. The third-order valence-electron chi connectivity index (χ3n) is 4.01. The summed E-state index contributed by atoms with van der Waals surface area (Å²) in [4.78, 5) is 8.29. The van der Waals surface area contributed by atoms with Crippen molar-refractivity contribution in [2.45, 2.75) is 25.7 Å². The van der Waals surface area contributed by atoms with Gasteiger partial charge >= 0.3 is 6.01 Å². The van der Waals surface area contributed by atoms with Crippen LogP contribution >= 0.6 is 11.6 Å². The van der Waals surface area contributed by atoms with Gasteiger partial charge in [-0.2, -0.15) is 4.98 Å². The first-order chi connectivity index (χ1) is 10.7. The van der Waals surface area contributed by atoms with Gasteiger partial charge in [-0.15, -0.1) is 10.2 Å². The minimum Gasteiger partial charge on any atom is -0.480 e. The zero-order valence-corrected chi connectivity index (χ0v) is 13.5. The molecule has 1 saturated carbocycles. The number of hydrogen-bond acceptors (Lipinski definition) is 6. The fraction of sp³-hybridized carbons (Fsp3) is 0.467. The maximum atomic E-state index is 6.21. The molecule has 116 valence electrons. The minimum atomic E-state index is 0.246. The first kappa shape index (κ1) is 15.0. The van der Waals surface area contributed by atoms with Crippen molar-refractivity contribution in [2.24, 2.45) is 5.92 Å². The molecular weight excluding hydrogens is 304 g/mol. The van der Waals surface area contributed by atoms with Crippen LogP contribution in [0.3, 0.4) is 0 Å². The zero-order chi connectivity index (χ0) is 15.7. The lowest BCUT2D eigenvalue weighted by Crippen LogP contribution is -2.00. The number of rotatable bonds is 5. The highest BCUT2D eigenvalue weighted by atomic mass is 35.5. The maximum absolute atomic E-state index is 6.21. The van der Waals surface area contributed by atoms with E-state index in [0.717, 1.165) is 18.4 Å². The van der Waals surface area contributed by atoms with Gasteiger partial charge in [0.25, 0.3) is 0 Å². The van der Waals surface area contributed by atoms with E-state index in [9.17, 15) is 0 Å². The van der Waals surface area contributed by atoms with E-state index in [0.29, 0.717) is 34.1 Å². The van der Waals surface area contributed by atoms with Crippen LogP contribution in [0.5, 0.6) is 11.9 Å². The first-order valence-electron chi connectivity index (χ1n) is 7.16. The van der Waals surface area contributed by atoms with Gasteiger partial charge < -0.3 is 9.47 Å². The molecule has 3 rings (SSSR count). The van der Waals surface area contributed by atoms with Gasteiger partial charge in [0.15, 0.2) is 5.15 Å². The van der Waals surface area contributed by atoms with Crippen molar-refractivity contribution >= 4 is 11.6 Å².